The van der Waals surface area contributed by atoms with Gasteiger partial charge in [0.25, 0.3) is 0 Å². The SMILES string of the molecule is Cc1n[nH]c(C)c1-c1ccc(NC(=O)[C@@H](NC(=O)Cc2ccc(N(C)C)cc2)C2CCCCC2)cc1. The molecule has 1 atom stereocenters. The van der Waals surface area contributed by atoms with Crippen LogP contribution in [0.3, 0.4) is 0 Å². The number of carbonyl (C=O) groups is 2. The van der Waals surface area contributed by atoms with Gasteiger partial charge in [-0.3, -0.25) is 14.7 Å². The Morgan fingerprint density at radius 1 is 1.00 bits per heavy atom. The van der Waals surface area contributed by atoms with Crippen molar-refractivity contribution in [2.24, 2.45) is 5.92 Å². The Kier molecular flexibility index (Phi) is 8.08. The summed E-state index contributed by atoms with van der Waals surface area (Å²) in [4.78, 5) is 28.4. The fourth-order valence-corrected chi connectivity index (χ4v) is 5.10. The Hall–Kier alpha value is -3.61. The monoisotopic (exact) mass is 487 g/mol. The topological polar surface area (TPSA) is 90.1 Å². The molecule has 0 unspecified atom stereocenters. The Morgan fingerprint density at radius 2 is 1.67 bits per heavy atom. The van der Waals surface area contributed by atoms with E-state index in [1.54, 1.807) is 0 Å². The molecule has 7 heteroatoms. The van der Waals surface area contributed by atoms with Crippen molar-refractivity contribution in [1.29, 1.82) is 0 Å². The lowest BCUT2D eigenvalue weighted by Gasteiger charge is -2.30. The van der Waals surface area contributed by atoms with Crippen LogP contribution in [0, 0.1) is 19.8 Å². The van der Waals surface area contributed by atoms with Crippen LogP contribution in [-0.2, 0) is 16.0 Å². The quantitative estimate of drug-likeness (QED) is 0.417. The Morgan fingerprint density at radius 3 is 2.25 bits per heavy atom. The van der Waals surface area contributed by atoms with Crippen LogP contribution in [0.2, 0.25) is 0 Å². The number of nitrogens with zero attached hydrogens (tertiary/aromatic N) is 2. The van der Waals surface area contributed by atoms with Gasteiger partial charge < -0.3 is 15.5 Å². The number of hydrogen-bond donors (Lipinski definition) is 3. The van der Waals surface area contributed by atoms with E-state index in [-0.39, 0.29) is 24.2 Å². The average Bonchev–Trinajstić information content (AvgIpc) is 3.21. The summed E-state index contributed by atoms with van der Waals surface area (Å²) in [7, 11) is 3.98. The van der Waals surface area contributed by atoms with Gasteiger partial charge in [0.15, 0.2) is 0 Å². The van der Waals surface area contributed by atoms with E-state index < -0.39 is 6.04 Å². The molecule has 7 nitrogen and oxygen atoms in total. The predicted molar refractivity (Wildman–Crippen MR) is 145 cm³/mol. The molecule has 0 saturated heterocycles. The predicted octanol–water partition coefficient (Wildman–Crippen LogP) is 5.01. The molecule has 0 spiro atoms. The molecule has 1 heterocycles. The first kappa shape index (κ1) is 25.5. The smallest absolute Gasteiger partial charge is 0.247 e. The number of carbonyl (C=O) groups excluding carboxylic acids is 2. The highest BCUT2D eigenvalue weighted by Crippen LogP contribution is 2.29. The van der Waals surface area contributed by atoms with E-state index in [9.17, 15) is 9.59 Å². The summed E-state index contributed by atoms with van der Waals surface area (Å²) in [5, 5.41) is 13.4. The van der Waals surface area contributed by atoms with Gasteiger partial charge in [-0.05, 0) is 68.0 Å². The third-order valence-corrected chi connectivity index (χ3v) is 7.11. The zero-order valence-electron chi connectivity index (χ0n) is 21.7. The lowest BCUT2D eigenvalue weighted by Crippen LogP contribution is -2.49. The summed E-state index contributed by atoms with van der Waals surface area (Å²) in [5.41, 5.74) is 6.83. The van der Waals surface area contributed by atoms with Crippen LogP contribution < -0.4 is 15.5 Å². The third-order valence-electron chi connectivity index (χ3n) is 7.11. The molecule has 3 N–H and O–H groups in total. The number of aryl methyl sites for hydroxylation is 2. The van der Waals surface area contributed by atoms with Crippen molar-refractivity contribution >= 4 is 23.2 Å². The van der Waals surface area contributed by atoms with E-state index in [2.05, 4.69) is 20.8 Å². The second-order valence-electron chi connectivity index (χ2n) is 10.1. The number of aromatic nitrogens is 2. The summed E-state index contributed by atoms with van der Waals surface area (Å²) >= 11 is 0. The number of rotatable bonds is 8. The van der Waals surface area contributed by atoms with Crippen molar-refractivity contribution in [3.05, 3.63) is 65.5 Å². The van der Waals surface area contributed by atoms with E-state index in [0.717, 1.165) is 65.1 Å². The summed E-state index contributed by atoms with van der Waals surface area (Å²) in [6.45, 7) is 3.97. The van der Waals surface area contributed by atoms with Gasteiger partial charge in [0, 0.05) is 36.7 Å². The van der Waals surface area contributed by atoms with Gasteiger partial charge in [0.2, 0.25) is 11.8 Å². The molecule has 190 valence electrons. The zero-order valence-corrected chi connectivity index (χ0v) is 21.7. The van der Waals surface area contributed by atoms with Crippen LogP contribution in [0.5, 0.6) is 0 Å². The molecule has 36 heavy (non-hydrogen) atoms. The minimum atomic E-state index is -0.545. The first-order chi connectivity index (χ1) is 17.3. The number of aromatic amines is 1. The molecular formula is C29H37N5O2. The highest BCUT2D eigenvalue weighted by Gasteiger charge is 2.31. The van der Waals surface area contributed by atoms with Gasteiger partial charge in [-0.15, -0.1) is 0 Å². The van der Waals surface area contributed by atoms with Crippen molar-refractivity contribution in [2.45, 2.75) is 58.4 Å². The summed E-state index contributed by atoms with van der Waals surface area (Å²) in [5.74, 6) is -0.129. The molecule has 0 bridgehead atoms. The molecule has 1 aliphatic carbocycles. The van der Waals surface area contributed by atoms with E-state index in [4.69, 9.17) is 0 Å². The maximum Gasteiger partial charge on any atom is 0.247 e. The molecule has 0 radical (unpaired) electrons. The average molecular weight is 488 g/mol. The van der Waals surface area contributed by atoms with E-state index in [0.29, 0.717) is 0 Å². The summed E-state index contributed by atoms with van der Waals surface area (Å²) in [6, 6.07) is 15.2. The maximum atomic E-state index is 13.4. The molecule has 2 amide bonds. The molecule has 2 aromatic carbocycles. The molecule has 1 aromatic heterocycles. The van der Waals surface area contributed by atoms with E-state index in [1.165, 1.54) is 6.42 Å². The van der Waals surface area contributed by atoms with Gasteiger partial charge in [0.05, 0.1) is 12.1 Å². The number of H-pyrrole nitrogens is 1. The third kappa shape index (κ3) is 6.14. The van der Waals surface area contributed by atoms with Gasteiger partial charge in [0.1, 0.15) is 6.04 Å². The summed E-state index contributed by atoms with van der Waals surface area (Å²) in [6.07, 6.45) is 5.53. The standard InChI is InChI=1S/C29H37N5O2/c1-19-27(20(2)33-32-19)22-12-14-24(15-13-22)30-29(36)28(23-8-6-5-7-9-23)31-26(35)18-21-10-16-25(17-11-21)34(3)4/h10-17,23,28H,5-9,18H2,1-4H3,(H,30,36)(H,31,35)(H,32,33)/t28-/m0/s1. The number of nitrogens with one attached hydrogen (secondary N) is 3. The second kappa shape index (κ2) is 11.4. The first-order valence-electron chi connectivity index (χ1n) is 12.8. The fraction of sp³-hybridized carbons (Fsp3) is 0.414. The Balaban J connectivity index is 1.44. The summed E-state index contributed by atoms with van der Waals surface area (Å²) < 4.78 is 0. The van der Waals surface area contributed by atoms with Gasteiger partial charge >= 0.3 is 0 Å². The van der Waals surface area contributed by atoms with Gasteiger partial charge in [-0.25, -0.2) is 0 Å². The molecule has 0 aliphatic heterocycles. The van der Waals surface area contributed by atoms with Crippen molar-refractivity contribution in [3.63, 3.8) is 0 Å². The van der Waals surface area contributed by atoms with Crippen LogP contribution in [0.15, 0.2) is 48.5 Å². The van der Waals surface area contributed by atoms with E-state index >= 15 is 0 Å². The minimum Gasteiger partial charge on any atom is -0.378 e. The second-order valence-corrected chi connectivity index (χ2v) is 10.1. The van der Waals surface area contributed by atoms with Gasteiger partial charge in [-0.1, -0.05) is 43.5 Å². The van der Waals surface area contributed by atoms with Crippen LogP contribution >= 0.6 is 0 Å². The van der Waals surface area contributed by atoms with Crippen molar-refractivity contribution in [2.75, 3.05) is 24.3 Å². The molecule has 1 fully saturated rings. The molecule has 4 rings (SSSR count). The number of hydrogen-bond acceptors (Lipinski definition) is 4. The van der Waals surface area contributed by atoms with Crippen LogP contribution in [0.25, 0.3) is 11.1 Å². The largest absolute Gasteiger partial charge is 0.378 e. The number of benzene rings is 2. The Bertz CT molecular complexity index is 1160. The highest BCUT2D eigenvalue weighted by molar-refractivity contribution is 5.97. The normalized spacial score (nSPS) is 14.8. The lowest BCUT2D eigenvalue weighted by atomic mass is 9.83. The maximum absolute atomic E-state index is 13.4. The lowest BCUT2D eigenvalue weighted by molar-refractivity contribution is -0.127. The number of anilines is 2. The first-order valence-corrected chi connectivity index (χ1v) is 12.8. The van der Waals surface area contributed by atoms with Crippen molar-refractivity contribution in [1.82, 2.24) is 15.5 Å². The van der Waals surface area contributed by atoms with Crippen LogP contribution in [-0.4, -0.2) is 42.1 Å². The zero-order chi connectivity index (χ0) is 25.7. The van der Waals surface area contributed by atoms with Crippen molar-refractivity contribution < 1.29 is 9.59 Å². The van der Waals surface area contributed by atoms with Crippen LogP contribution in [0.1, 0.15) is 49.1 Å². The molecule has 1 saturated carbocycles. The molecule has 1 aliphatic rings. The molecular weight excluding hydrogens is 450 g/mol. The highest BCUT2D eigenvalue weighted by atomic mass is 16.2. The molecule has 3 aromatic rings. The van der Waals surface area contributed by atoms with Crippen LogP contribution in [0.4, 0.5) is 11.4 Å². The van der Waals surface area contributed by atoms with E-state index in [1.807, 2.05) is 81.4 Å². The van der Waals surface area contributed by atoms with Gasteiger partial charge in [-0.2, -0.15) is 5.10 Å². The Labute approximate surface area is 213 Å². The van der Waals surface area contributed by atoms with Crippen molar-refractivity contribution in [3.8, 4) is 11.1 Å². The fourth-order valence-electron chi connectivity index (χ4n) is 5.10. The number of amides is 2. The minimum absolute atomic E-state index is 0.125.